The predicted molar refractivity (Wildman–Crippen MR) is 381 cm³/mol. The highest BCUT2D eigenvalue weighted by Crippen LogP contribution is 2.45. The molecule has 0 fully saturated rings. The molecular formula is C75H134O17P2. The predicted octanol–water partition coefficient (Wildman–Crippen LogP) is 20.9. The Hall–Kier alpha value is -3.50. The SMILES string of the molecule is CC/C=C\C/C=C\C/C=C\C/C=C\CCCCCCCCC(=O)OCC(COP(=O)(O)OCC(O)COP(=O)(O)OCC(COC(=O)CCCCCCC/C=C\CCCCCC)OC(=O)CCCCCCC/C=C\CCCC)OC(=O)CCCCCCCCCCCCC. The Morgan fingerprint density at radius 3 is 0.904 bits per heavy atom. The Kier molecular flexibility index (Phi) is 65.5. The van der Waals surface area contributed by atoms with Gasteiger partial charge < -0.3 is 33.8 Å². The molecule has 546 valence electrons. The number of aliphatic hydroxyl groups is 1. The van der Waals surface area contributed by atoms with E-state index in [-0.39, 0.29) is 25.7 Å². The van der Waals surface area contributed by atoms with Gasteiger partial charge in [0.15, 0.2) is 12.2 Å². The lowest BCUT2D eigenvalue weighted by Gasteiger charge is -2.21. The van der Waals surface area contributed by atoms with E-state index in [1.54, 1.807) is 0 Å². The van der Waals surface area contributed by atoms with Gasteiger partial charge >= 0.3 is 39.5 Å². The molecule has 0 radical (unpaired) electrons. The first-order valence-electron chi connectivity index (χ1n) is 37.2. The number of unbranched alkanes of at least 4 members (excludes halogenated alkanes) is 32. The first kappa shape index (κ1) is 90.5. The zero-order valence-electron chi connectivity index (χ0n) is 59.4. The average molecular weight is 1370 g/mol. The molecule has 0 aliphatic carbocycles. The second-order valence-electron chi connectivity index (χ2n) is 24.9. The number of hydrogen-bond donors (Lipinski definition) is 3. The fraction of sp³-hybridized carbons (Fsp3) is 0.787. The topological polar surface area (TPSA) is 237 Å². The molecule has 19 heteroatoms. The van der Waals surface area contributed by atoms with Crippen molar-refractivity contribution in [1.82, 2.24) is 0 Å². The lowest BCUT2D eigenvalue weighted by molar-refractivity contribution is -0.161. The van der Waals surface area contributed by atoms with Crippen LogP contribution in [0.5, 0.6) is 0 Å². The van der Waals surface area contributed by atoms with Crippen molar-refractivity contribution in [3.05, 3.63) is 72.9 Å². The summed E-state index contributed by atoms with van der Waals surface area (Å²) >= 11 is 0. The minimum absolute atomic E-state index is 0.0859. The van der Waals surface area contributed by atoms with Crippen LogP contribution in [0.2, 0.25) is 0 Å². The Balaban J connectivity index is 5.27. The van der Waals surface area contributed by atoms with Gasteiger partial charge in [-0.2, -0.15) is 0 Å². The van der Waals surface area contributed by atoms with Gasteiger partial charge in [0.05, 0.1) is 26.4 Å². The third kappa shape index (κ3) is 67.1. The van der Waals surface area contributed by atoms with Crippen LogP contribution in [0, 0.1) is 0 Å². The molecule has 0 rings (SSSR count). The molecule has 17 nitrogen and oxygen atoms in total. The standard InChI is InChI=1S/C75H134O17P2/c1-5-9-13-17-21-25-29-31-32-33-34-35-36-38-42-44-48-52-56-60-73(78)86-66-71(92-75(80)62-58-54-50-46-40-28-24-20-16-12-8-4)68-90-94(83,84)88-64-69(76)63-87-93(81,82)89-67-70(91-74(79)61-57-53-49-45-39-27-23-19-15-11-7-3)65-85-72(77)59-55-51-47-43-41-37-30-26-22-18-14-10-6-2/h9,13,19,21,23,25-26,30-32,34-35,69-71,76H,5-8,10-12,14-18,20,22,24,27-29,33,36-68H2,1-4H3,(H,81,82)(H,83,84)/b13-9-,23-19-,25-21-,30-26-,32-31-,35-34-. The zero-order chi connectivity index (χ0) is 69.0. The van der Waals surface area contributed by atoms with Crippen LogP contribution in [0.4, 0.5) is 0 Å². The molecule has 3 N–H and O–H groups in total. The van der Waals surface area contributed by atoms with Crippen molar-refractivity contribution in [1.29, 1.82) is 0 Å². The molecule has 0 saturated carbocycles. The molecular weight excluding hydrogens is 1230 g/mol. The number of phosphoric ester groups is 2. The van der Waals surface area contributed by atoms with Crippen molar-refractivity contribution in [2.45, 2.75) is 341 Å². The summed E-state index contributed by atoms with van der Waals surface area (Å²) < 4.78 is 68.3. The van der Waals surface area contributed by atoms with Crippen molar-refractivity contribution in [2.75, 3.05) is 39.6 Å². The monoisotopic (exact) mass is 1370 g/mol. The number of rotatable bonds is 70. The summed E-state index contributed by atoms with van der Waals surface area (Å²) in [6.07, 6.45) is 66.2. The highest BCUT2D eigenvalue weighted by molar-refractivity contribution is 7.47. The number of carbonyl (C=O) groups is 4. The van der Waals surface area contributed by atoms with E-state index >= 15 is 0 Å². The van der Waals surface area contributed by atoms with Crippen molar-refractivity contribution in [3.8, 4) is 0 Å². The van der Waals surface area contributed by atoms with Gasteiger partial charge in [-0.3, -0.25) is 37.3 Å². The van der Waals surface area contributed by atoms with Crippen LogP contribution >= 0.6 is 15.6 Å². The van der Waals surface area contributed by atoms with Gasteiger partial charge in [-0.25, -0.2) is 9.13 Å². The maximum Gasteiger partial charge on any atom is 0.472 e. The zero-order valence-corrected chi connectivity index (χ0v) is 61.2. The largest absolute Gasteiger partial charge is 0.472 e. The van der Waals surface area contributed by atoms with Crippen LogP contribution in [0.1, 0.15) is 323 Å². The highest BCUT2D eigenvalue weighted by atomic mass is 31.2. The normalized spacial score (nSPS) is 14.4. The summed E-state index contributed by atoms with van der Waals surface area (Å²) in [4.78, 5) is 72.6. The maximum atomic E-state index is 13.0. The Bertz CT molecular complexity index is 2070. The molecule has 0 aliphatic rings. The van der Waals surface area contributed by atoms with Crippen molar-refractivity contribution in [2.24, 2.45) is 0 Å². The Labute approximate surface area is 571 Å². The first-order chi connectivity index (χ1) is 45.7. The summed E-state index contributed by atoms with van der Waals surface area (Å²) in [5.41, 5.74) is 0. The summed E-state index contributed by atoms with van der Waals surface area (Å²) in [6, 6.07) is 0. The van der Waals surface area contributed by atoms with Gasteiger partial charge in [0.1, 0.15) is 19.3 Å². The third-order valence-electron chi connectivity index (χ3n) is 15.7. The quantitative estimate of drug-likeness (QED) is 0.0169. The lowest BCUT2D eigenvalue weighted by atomic mass is 10.1. The van der Waals surface area contributed by atoms with E-state index in [2.05, 4.69) is 101 Å². The van der Waals surface area contributed by atoms with E-state index < -0.39 is 97.5 Å². The molecule has 0 aromatic carbocycles. The van der Waals surface area contributed by atoms with E-state index in [0.717, 1.165) is 167 Å². The van der Waals surface area contributed by atoms with Crippen LogP contribution in [-0.2, 0) is 65.4 Å². The molecule has 5 atom stereocenters. The second-order valence-corrected chi connectivity index (χ2v) is 27.8. The average Bonchev–Trinajstić information content (AvgIpc) is 1.24. The van der Waals surface area contributed by atoms with Crippen LogP contribution in [-0.4, -0.2) is 96.7 Å². The van der Waals surface area contributed by atoms with Crippen LogP contribution in [0.25, 0.3) is 0 Å². The third-order valence-corrected chi connectivity index (χ3v) is 17.6. The lowest BCUT2D eigenvalue weighted by Crippen LogP contribution is -2.30. The number of esters is 4. The molecule has 0 spiro atoms. The highest BCUT2D eigenvalue weighted by Gasteiger charge is 2.30. The summed E-state index contributed by atoms with van der Waals surface area (Å²) in [6.45, 7) is 4.69. The minimum Gasteiger partial charge on any atom is -0.462 e. The molecule has 94 heavy (non-hydrogen) atoms. The second kappa shape index (κ2) is 68.0. The molecule has 0 aromatic rings. The molecule has 0 aliphatic heterocycles. The summed E-state index contributed by atoms with van der Waals surface area (Å²) in [7, 11) is -9.93. The van der Waals surface area contributed by atoms with Crippen molar-refractivity contribution < 1.29 is 80.2 Å². The number of allylic oxidation sites excluding steroid dienone is 12. The number of phosphoric acid groups is 2. The van der Waals surface area contributed by atoms with Gasteiger partial charge in [-0.05, 0) is 109 Å². The number of ether oxygens (including phenoxy) is 4. The van der Waals surface area contributed by atoms with Gasteiger partial charge in [0.2, 0.25) is 0 Å². The smallest absolute Gasteiger partial charge is 0.462 e. The molecule has 0 heterocycles. The molecule has 0 bridgehead atoms. The van der Waals surface area contributed by atoms with Gasteiger partial charge in [-0.15, -0.1) is 0 Å². The van der Waals surface area contributed by atoms with E-state index in [1.807, 2.05) is 0 Å². The summed E-state index contributed by atoms with van der Waals surface area (Å²) in [5, 5.41) is 10.6. The van der Waals surface area contributed by atoms with Gasteiger partial charge in [0.25, 0.3) is 0 Å². The fourth-order valence-electron chi connectivity index (χ4n) is 9.95. The number of carbonyl (C=O) groups excluding carboxylic acids is 4. The Morgan fingerprint density at radius 1 is 0.309 bits per heavy atom. The summed E-state index contributed by atoms with van der Waals surface area (Å²) in [5.74, 6) is -2.19. The van der Waals surface area contributed by atoms with Crippen LogP contribution < -0.4 is 0 Å². The van der Waals surface area contributed by atoms with Gasteiger partial charge in [0, 0.05) is 25.7 Å². The first-order valence-corrected chi connectivity index (χ1v) is 40.2. The van der Waals surface area contributed by atoms with Crippen LogP contribution in [0.15, 0.2) is 72.9 Å². The molecule has 5 unspecified atom stereocenters. The van der Waals surface area contributed by atoms with E-state index in [4.69, 9.17) is 37.0 Å². The minimum atomic E-state index is -4.97. The van der Waals surface area contributed by atoms with E-state index in [1.165, 1.54) is 77.0 Å². The van der Waals surface area contributed by atoms with Crippen molar-refractivity contribution in [3.63, 3.8) is 0 Å². The Morgan fingerprint density at radius 2 is 0.564 bits per heavy atom. The number of hydrogen-bond acceptors (Lipinski definition) is 15. The van der Waals surface area contributed by atoms with Gasteiger partial charge in [-0.1, -0.05) is 261 Å². The van der Waals surface area contributed by atoms with Crippen molar-refractivity contribution >= 4 is 39.5 Å². The van der Waals surface area contributed by atoms with E-state index in [0.29, 0.717) is 25.7 Å². The fourth-order valence-corrected chi connectivity index (χ4v) is 11.5. The van der Waals surface area contributed by atoms with E-state index in [9.17, 15) is 43.2 Å². The molecule has 0 amide bonds. The molecule has 0 aromatic heterocycles. The number of aliphatic hydroxyl groups excluding tert-OH is 1. The molecule has 0 saturated heterocycles. The maximum absolute atomic E-state index is 13.0. The van der Waals surface area contributed by atoms with Crippen LogP contribution in [0.3, 0.4) is 0 Å².